The Morgan fingerprint density at radius 2 is 2.00 bits per heavy atom. The predicted octanol–water partition coefficient (Wildman–Crippen LogP) is 1.65. The van der Waals surface area contributed by atoms with E-state index in [1.165, 1.54) is 12.8 Å². The molecule has 0 aromatic rings. The second kappa shape index (κ2) is 11.8. The highest BCUT2D eigenvalue weighted by atomic mass is 32.2. The van der Waals surface area contributed by atoms with Crippen molar-refractivity contribution < 1.29 is 14.9 Å². The molecule has 0 heterocycles. The molecule has 1 rings (SSSR count). The van der Waals surface area contributed by atoms with Crippen LogP contribution >= 0.6 is 11.8 Å². The van der Waals surface area contributed by atoms with Crippen LogP contribution < -0.4 is 5.32 Å². The average Bonchev–Trinajstić information content (AvgIpc) is 2.46. The first-order valence-corrected chi connectivity index (χ1v) is 9.06. The third-order valence-electron chi connectivity index (χ3n) is 3.74. The van der Waals surface area contributed by atoms with Crippen LogP contribution in [0.4, 0.5) is 0 Å². The summed E-state index contributed by atoms with van der Waals surface area (Å²) in [6.07, 6.45) is 5.60. The van der Waals surface area contributed by atoms with Crippen LogP contribution in [0.25, 0.3) is 0 Å². The molecule has 1 aliphatic carbocycles. The molecule has 0 bridgehead atoms. The van der Waals surface area contributed by atoms with E-state index in [1.54, 1.807) is 0 Å². The Labute approximate surface area is 127 Å². The summed E-state index contributed by atoms with van der Waals surface area (Å²) < 4.78 is 5.78. The van der Waals surface area contributed by atoms with E-state index >= 15 is 0 Å². The Morgan fingerprint density at radius 1 is 1.25 bits per heavy atom. The van der Waals surface area contributed by atoms with Crippen molar-refractivity contribution in [3.63, 3.8) is 0 Å². The maximum atomic E-state index is 9.85. The van der Waals surface area contributed by atoms with Crippen LogP contribution in [0.15, 0.2) is 0 Å². The topological polar surface area (TPSA) is 61.7 Å². The fraction of sp³-hybridized carbons (Fsp3) is 1.00. The van der Waals surface area contributed by atoms with Crippen LogP contribution in [0.3, 0.4) is 0 Å². The van der Waals surface area contributed by atoms with E-state index in [0.29, 0.717) is 19.3 Å². The number of thioether (sulfide) groups is 1. The minimum atomic E-state index is -0.406. The maximum Gasteiger partial charge on any atom is 0.0897 e. The second-order valence-electron chi connectivity index (χ2n) is 5.76. The molecule has 1 saturated carbocycles. The van der Waals surface area contributed by atoms with Crippen molar-refractivity contribution in [1.82, 2.24) is 5.32 Å². The summed E-state index contributed by atoms with van der Waals surface area (Å²) in [5.41, 5.74) is 0. The quantitative estimate of drug-likeness (QED) is 0.507. The molecule has 0 amide bonds. The van der Waals surface area contributed by atoms with Crippen molar-refractivity contribution in [3.05, 3.63) is 0 Å². The molecule has 20 heavy (non-hydrogen) atoms. The number of aliphatic hydroxyl groups excluding tert-OH is 2. The summed E-state index contributed by atoms with van der Waals surface area (Å²) in [4.78, 5) is 0. The van der Waals surface area contributed by atoms with Gasteiger partial charge in [-0.2, -0.15) is 11.8 Å². The first-order chi connectivity index (χ1) is 9.72. The minimum Gasteiger partial charge on any atom is -0.396 e. The van der Waals surface area contributed by atoms with Crippen molar-refractivity contribution in [3.8, 4) is 0 Å². The molecule has 120 valence electrons. The molecule has 1 fully saturated rings. The molecular weight excluding hydrogens is 274 g/mol. The molecule has 0 aromatic heterocycles. The van der Waals surface area contributed by atoms with E-state index in [2.05, 4.69) is 12.2 Å². The molecule has 0 radical (unpaired) electrons. The molecule has 1 unspecified atom stereocenters. The summed E-state index contributed by atoms with van der Waals surface area (Å²) in [5, 5.41) is 21.7. The SMILES string of the molecule is CC1CCC(OCC(O)CNCCSCCCO)CC1. The Balaban J connectivity index is 1.89. The van der Waals surface area contributed by atoms with Crippen LogP contribution in [0.1, 0.15) is 39.0 Å². The zero-order chi connectivity index (χ0) is 14.6. The molecule has 1 atom stereocenters. The molecule has 5 heteroatoms. The van der Waals surface area contributed by atoms with Gasteiger partial charge < -0.3 is 20.3 Å². The molecule has 0 spiro atoms. The second-order valence-corrected chi connectivity index (χ2v) is 6.99. The van der Waals surface area contributed by atoms with Crippen LogP contribution in [0, 0.1) is 5.92 Å². The van der Waals surface area contributed by atoms with E-state index in [9.17, 15) is 5.11 Å². The van der Waals surface area contributed by atoms with Crippen molar-refractivity contribution in [2.75, 3.05) is 37.8 Å². The van der Waals surface area contributed by atoms with Gasteiger partial charge in [-0.15, -0.1) is 0 Å². The summed E-state index contributed by atoms with van der Waals surface area (Å²) in [6, 6.07) is 0. The van der Waals surface area contributed by atoms with E-state index in [-0.39, 0.29) is 6.61 Å². The third kappa shape index (κ3) is 9.19. The molecule has 1 aliphatic rings. The fourth-order valence-corrected chi connectivity index (χ4v) is 3.21. The lowest BCUT2D eigenvalue weighted by Gasteiger charge is -2.27. The lowest BCUT2D eigenvalue weighted by molar-refractivity contribution is -0.0276. The highest BCUT2D eigenvalue weighted by molar-refractivity contribution is 7.99. The van der Waals surface area contributed by atoms with Gasteiger partial charge in [-0.05, 0) is 43.8 Å². The highest BCUT2D eigenvalue weighted by Gasteiger charge is 2.19. The molecule has 4 nitrogen and oxygen atoms in total. The van der Waals surface area contributed by atoms with Gasteiger partial charge in [0.1, 0.15) is 0 Å². The van der Waals surface area contributed by atoms with Crippen LogP contribution in [0.5, 0.6) is 0 Å². The third-order valence-corrected chi connectivity index (χ3v) is 4.81. The van der Waals surface area contributed by atoms with E-state index in [1.807, 2.05) is 11.8 Å². The van der Waals surface area contributed by atoms with Gasteiger partial charge in [0, 0.05) is 25.4 Å². The van der Waals surface area contributed by atoms with Gasteiger partial charge in [-0.3, -0.25) is 0 Å². The normalized spacial score (nSPS) is 24.8. The standard InChI is InChI=1S/C15H31NO3S/c1-13-3-5-15(6-4-13)19-12-14(18)11-16-7-10-20-9-2-8-17/h13-18H,2-12H2,1H3. The Hall–Kier alpha value is 0.190. The van der Waals surface area contributed by atoms with Crippen molar-refractivity contribution >= 4 is 11.8 Å². The summed E-state index contributed by atoms with van der Waals surface area (Å²) >= 11 is 1.83. The van der Waals surface area contributed by atoms with Gasteiger partial charge >= 0.3 is 0 Å². The highest BCUT2D eigenvalue weighted by Crippen LogP contribution is 2.25. The molecular formula is C15H31NO3S. The van der Waals surface area contributed by atoms with Gasteiger partial charge in [0.15, 0.2) is 0 Å². The van der Waals surface area contributed by atoms with Crippen LogP contribution in [0.2, 0.25) is 0 Å². The summed E-state index contributed by atoms with van der Waals surface area (Å²) in [5.74, 6) is 2.86. The molecule has 0 aliphatic heterocycles. The zero-order valence-electron chi connectivity index (χ0n) is 12.7. The number of hydrogen-bond acceptors (Lipinski definition) is 5. The molecule has 0 saturated heterocycles. The lowest BCUT2D eigenvalue weighted by atomic mass is 9.89. The first-order valence-electron chi connectivity index (χ1n) is 7.91. The Bertz CT molecular complexity index is 223. The summed E-state index contributed by atoms with van der Waals surface area (Å²) in [7, 11) is 0. The molecule has 3 N–H and O–H groups in total. The van der Waals surface area contributed by atoms with E-state index in [0.717, 1.165) is 43.2 Å². The van der Waals surface area contributed by atoms with Crippen LogP contribution in [-0.2, 0) is 4.74 Å². The van der Waals surface area contributed by atoms with Gasteiger partial charge in [0.05, 0.1) is 18.8 Å². The van der Waals surface area contributed by atoms with Gasteiger partial charge in [0.25, 0.3) is 0 Å². The lowest BCUT2D eigenvalue weighted by Crippen LogP contribution is -2.33. The minimum absolute atomic E-state index is 0.274. The van der Waals surface area contributed by atoms with Gasteiger partial charge in [-0.25, -0.2) is 0 Å². The number of nitrogens with one attached hydrogen (secondary N) is 1. The summed E-state index contributed by atoms with van der Waals surface area (Å²) in [6.45, 7) is 4.52. The molecule has 0 aromatic carbocycles. The van der Waals surface area contributed by atoms with E-state index in [4.69, 9.17) is 9.84 Å². The van der Waals surface area contributed by atoms with Crippen LogP contribution in [-0.4, -0.2) is 60.2 Å². The average molecular weight is 305 g/mol. The van der Waals surface area contributed by atoms with Gasteiger partial charge in [-0.1, -0.05) is 6.92 Å². The number of hydrogen-bond donors (Lipinski definition) is 3. The monoisotopic (exact) mass is 305 g/mol. The number of rotatable bonds is 11. The first kappa shape index (κ1) is 18.2. The Kier molecular flexibility index (Phi) is 10.8. The van der Waals surface area contributed by atoms with Crippen molar-refractivity contribution in [2.45, 2.75) is 51.2 Å². The number of aliphatic hydroxyl groups is 2. The fourth-order valence-electron chi connectivity index (χ4n) is 2.38. The number of ether oxygens (including phenoxy) is 1. The predicted molar refractivity (Wildman–Crippen MR) is 85.3 cm³/mol. The smallest absolute Gasteiger partial charge is 0.0897 e. The maximum absolute atomic E-state index is 9.85. The van der Waals surface area contributed by atoms with Crippen molar-refractivity contribution in [2.24, 2.45) is 5.92 Å². The van der Waals surface area contributed by atoms with Crippen molar-refractivity contribution in [1.29, 1.82) is 0 Å². The zero-order valence-corrected chi connectivity index (χ0v) is 13.5. The van der Waals surface area contributed by atoms with E-state index < -0.39 is 6.10 Å². The largest absolute Gasteiger partial charge is 0.396 e. The van der Waals surface area contributed by atoms with Gasteiger partial charge in [0.2, 0.25) is 0 Å². The Morgan fingerprint density at radius 3 is 2.70 bits per heavy atom.